The highest BCUT2D eigenvalue weighted by Crippen LogP contribution is 2.34. The molecule has 86 valence electrons. The van der Waals surface area contributed by atoms with Crippen LogP contribution < -0.4 is 5.32 Å². The largest absolute Gasteiger partial charge is 0.389 e. The molecular formula is C9H12F3NO2. The summed E-state index contributed by atoms with van der Waals surface area (Å²) in [7, 11) is 0. The van der Waals surface area contributed by atoms with Crippen LogP contribution in [0.1, 0.15) is 32.6 Å². The minimum absolute atomic E-state index is 0.0102. The van der Waals surface area contributed by atoms with Crippen molar-refractivity contribution in [3.8, 4) is 0 Å². The van der Waals surface area contributed by atoms with E-state index >= 15 is 0 Å². The molecule has 1 atom stereocenters. The predicted octanol–water partition coefficient (Wildman–Crippen LogP) is 1.77. The van der Waals surface area contributed by atoms with Crippen LogP contribution in [-0.4, -0.2) is 18.0 Å². The lowest BCUT2D eigenvalue weighted by atomic mass is 9.83. The van der Waals surface area contributed by atoms with Gasteiger partial charge in [-0.1, -0.05) is 6.92 Å². The van der Waals surface area contributed by atoms with Crippen molar-refractivity contribution in [1.82, 2.24) is 5.32 Å². The van der Waals surface area contributed by atoms with Gasteiger partial charge in [0.1, 0.15) is 0 Å². The molecular weight excluding hydrogens is 211 g/mol. The Bertz CT molecular complexity index is 288. The third kappa shape index (κ3) is 3.21. The zero-order valence-electron chi connectivity index (χ0n) is 8.28. The molecule has 1 aliphatic rings. The Morgan fingerprint density at radius 2 is 2.00 bits per heavy atom. The maximum atomic E-state index is 11.9. The number of alkyl halides is 3. The van der Waals surface area contributed by atoms with Crippen molar-refractivity contribution in [3.05, 3.63) is 0 Å². The van der Waals surface area contributed by atoms with E-state index < -0.39 is 29.8 Å². The minimum atomic E-state index is -4.20. The van der Waals surface area contributed by atoms with Gasteiger partial charge in [-0.05, 0) is 12.8 Å². The van der Waals surface area contributed by atoms with Crippen LogP contribution in [0.2, 0.25) is 0 Å². The summed E-state index contributed by atoms with van der Waals surface area (Å²) in [4.78, 5) is 22.1. The molecule has 3 nitrogen and oxygen atoms in total. The third-order valence-corrected chi connectivity index (χ3v) is 2.54. The molecule has 1 heterocycles. The van der Waals surface area contributed by atoms with E-state index in [1.54, 1.807) is 0 Å². The van der Waals surface area contributed by atoms with Crippen molar-refractivity contribution >= 4 is 11.8 Å². The van der Waals surface area contributed by atoms with E-state index in [1.165, 1.54) is 6.92 Å². The lowest BCUT2D eigenvalue weighted by Gasteiger charge is -2.19. The van der Waals surface area contributed by atoms with E-state index in [4.69, 9.17) is 0 Å². The van der Waals surface area contributed by atoms with Crippen molar-refractivity contribution in [2.45, 2.75) is 38.8 Å². The van der Waals surface area contributed by atoms with Crippen LogP contribution in [0.4, 0.5) is 13.2 Å². The fraction of sp³-hybridized carbons (Fsp3) is 0.778. The van der Waals surface area contributed by atoms with Gasteiger partial charge in [-0.15, -0.1) is 0 Å². The first-order chi connectivity index (χ1) is 6.73. The van der Waals surface area contributed by atoms with Gasteiger partial charge in [-0.3, -0.25) is 14.9 Å². The van der Waals surface area contributed by atoms with Crippen LogP contribution in [0, 0.1) is 5.41 Å². The van der Waals surface area contributed by atoms with Crippen LogP contribution in [-0.2, 0) is 9.59 Å². The van der Waals surface area contributed by atoms with E-state index in [0.717, 1.165) is 0 Å². The lowest BCUT2D eigenvalue weighted by Crippen LogP contribution is -2.29. The average Bonchev–Trinajstić information content (AvgIpc) is 2.23. The molecule has 1 saturated heterocycles. The number of hydrogen-bond acceptors (Lipinski definition) is 2. The van der Waals surface area contributed by atoms with Gasteiger partial charge in [0, 0.05) is 12.8 Å². The highest BCUT2D eigenvalue weighted by atomic mass is 19.4. The number of rotatable bonds is 3. The normalized spacial score (nSPS) is 26.9. The van der Waals surface area contributed by atoms with Gasteiger partial charge in [-0.2, -0.15) is 13.2 Å². The Morgan fingerprint density at radius 1 is 1.40 bits per heavy atom. The first-order valence-corrected chi connectivity index (χ1v) is 4.64. The van der Waals surface area contributed by atoms with Crippen LogP contribution in [0.5, 0.6) is 0 Å². The Balaban J connectivity index is 2.44. The summed E-state index contributed by atoms with van der Waals surface area (Å²) in [6.07, 6.45) is -5.16. The van der Waals surface area contributed by atoms with Gasteiger partial charge in [0.2, 0.25) is 11.8 Å². The summed E-state index contributed by atoms with van der Waals surface area (Å²) in [5, 5.41) is 2.10. The molecule has 0 spiro atoms. The van der Waals surface area contributed by atoms with Crippen LogP contribution in [0.15, 0.2) is 0 Å². The lowest BCUT2D eigenvalue weighted by molar-refractivity contribution is -0.139. The smallest absolute Gasteiger partial charge is 0.296 e. The molecule has 2 amide bonds. The molecule has 0 saturated carbocycles. The Kier molecular flexibility index (Phi) is 3.06. The number of carbonyl (C=O) groups is 2. The zero-order valence-corrected chi connectivity index (χ0v) is 8.28. The molecule has 1 fully saturated rings. The van der Waals surface area contributed by atoms with Crippen molar-refractivity contribution < 1.29 is 22.8 Å². The van der Waals surface area contributed by atoms with Crippen molar-refractivity contribution in [2.24, 2.45) is 5.41 Å². The highest BCUT2D eigenvalue weighted by molar-refractivity contribution is 6.05. The Morgan fingerprint density at radius 3 is 2.40 bits per heavy atom. The molecule has 6 heteroatoms. The van der Waals surface area contributed by atoms with Gasteiger partial charge in [0.05, 0.1) is 5.41 Å². The summed E-state index contributed by atoms with van der Waals surface area (Å²) in [6, 6.07) is 0. The number of carbonyl (C=O) groups excluding carboxylic acids is 2. The second-order valence-corrected chi connectivity index (χ2v) is 4.08. The highest BCUT2D eigenvalue weighted by Gasteiger charge is 2.42. The Hall–Kier alpha value is -1.07. The number of hydrogen-bond donors (Lipinski definition) is 1. The van der Waals surface area contributed by atoms with Crippen molar-refractivity contribution in [1.29, 1.82) is 0 Å². The van der Waals surface area contributed by atoms with Gasteiger partial charge in [0.15, 0.2) is 0 Å². The summed E-state index contributed by atoms with van der Waals surface area (Å²) in [5.74, 6) is -0.871. The monoisotopic (exact) mass is 223 g/mol. The van der Waals surface area contributed by atoms with Crippen LogP contribution >= 0.6 is 0 Å². The molecule has 15 heavy (non-hydrogen) atoms. The zero-order chi connectivity index (χ0) is 11.7. The van der Waals surface area contributed by atoms with E-state index in [9.17, 15) is 22.8 Å². The molecule has 0 aromatic carbocycles. The minimum Gasteiger partial charge on any atom is -0.296 e. The van der Waals surface area contributed by atoms with Gasteiger partial charge >= 0.3 is 6.18 Å². The molecule has 1 rings (SSSR count). The molecule has 1 N–H and O–H groups in total. The average molecular weight is 223 g/mol. The first kappa shape index (κ1) is 12.0. The molecule has 1 aliphatic heterocycles. The number of amides is 2. The quantitative estimate of drug-likeness (QED) is 0.741. The molecule has 0 radical (unpaired) electrons. The fourth-order valence-electron chi connectivity index (χ4n) is 1.64. The molecule has 1 unspecified atom stereocenters. The third-order valence-electron chi connectivity index (χ3n) is 2.54. The van der Waals surface area contributed by atoms with E-state index in [1.807, 2.05) is 0 Å². The molecule has 0 bridgehead atoms. The maximum Gasteiger partial charge on any atom is 0.389 e. The summed E-state index contributed by atoms with van der Waals surface area (Å²) < 4.78 is 35.6. The summed E-state index contributed by atoms with van der Waals surface area (Å²) in [6.45, 7) is 1.52. The van der Waals surface area contributed by atoms with E-state index in [-0.39, 0.29) is 19.3 Å². The Labute approximate surface area is 85.0 Å². The summed E-state index contributed by atoms with van der Waals surface area (Å²) >= 11 is 0. The van der Waals surface area contributed by atoms with Gasteiger partial charge < -0.3 is 0 Å². The standard InChI is InChI=1S/C9H12F3NO2/c1-8(3-2-4-9(10,11)12)5-6(14)13-7(8)15/h2-5H2,1H3,(H,13,14,15). The molecule has 0 aromatic rings. The molecule has 0 aromatic heterocycles. The fourth-order valence-corrected chi connectivity index (χ4v) is 1.64. The van der Waals surface area contributed by atoms with Gasteiger partial charge in [-0.25, -0.2) is 0 Å². The van der Waals surface area contributed by atoms with Crippen molar-refractivity contribution in [3.63, 3.8) is 0 Å². The van der Waals surface area contributed by atoms with Crippen molar-refractivity contribution in [2.75, 3.05) is 0 Å². The van der Waals surface area contributed by atoms with Gasteiger partial charge in [0.25, 0.3) is 0 Å². The van der Waals surface area contributed by atoms with Crippen LogP contribution in [0.25, 0.3) is 0 Å². The SMILES string of the molecule is CC1(CCCC(F)(F)F)CC(=O)NC1=O. The second-order valence-electron chi connectivity index (χ2n) is 4.08. The second kappa shape index (κ2) is 3.83. The predicted molar refractivity (Wildman–Crippen MR) is 45.8 cm³/mol. The molecule has 0 aliphatic carbocycles. The number of imide groups is 1. The number of halogens is 3. The topological polar surface area (TPSA) is 46.2 Å². The maximum absolute atomic E-state index is 11.9. The summed E-state index contributed by atoms with van der Waals surface area (Å²) in [5.41, 5.74) is -0.956. The first-order valence-electron chi connectivity index (χ1n) is 4.64. The van der Waals surface area contributed by atoms with E-state index in [2.05, 4.69) is 5.32 Å². The number of nitrogens with one attached hydrogen (secondary N) is 1. The van der Waals surface area contributed by atoms with E-state index in [0.29, 0.717) is 0 Å². The van der Waals surface area contributed by atoms with Crippen LogP contribution in [0.3, 0.4) is 0 Å².